The second kappa shape index (κ2) is 8.72. The highest BCUT2D eigenvalue weighted by molar-refractivity contribution is 5.47. The van der Waals surface area contributed by atoms with Gasteiger partial charge in [-0.3, -0.25) is 0 Å². The lowest BCUT2D eigenvalue weighted by Gasteiger charge is -2.09. The molecule has 0 aliphatic heterocycles. The van der Waals surface area contributed by atoms with Crippen molar-refractivity contribution in [2.75, 3.05) is 23.7 Å². The Labute approximate surface area is 111 Å². The fourth-order valence-corrected chi connectivity index (χ4v) is 1.73. The van der Waals surface area contributed by atoms with Crippen molar-refractivity contribution in [2.24, 2.45) is 0 Å². The molecule has 1 aromatic heterocycles. The Balaban J connectivity index is 2.46. The van der Waals surface area contributed by atoms with Gasteiger partial charge in [0.2, 0.25) is 0 Å². The number of unbranched alkanes of at least 4 members (excludes halogenated alkanes) is 3. The van der Waals surface area contributed by atoms with Crippen molar-refractivity contribution in [1.29, 1.82) is 0 Å². The van der Waals surface area contributed by atoms with Gasteiger partial charge in [0.05, 0.1) is 0 Å². The van der Waals surface area contributed by atoms with Gasteiger partial charge in [0, 0.05) is 19.2 Å². The van der Waals surface area contributed by atoms with E-state index in [0.717, 1.165) is 30.5 Å². The third-order valence-corrected chi connectivity index (χ3v) is 2.76. The third-order valence-electron chi connectivity index (χ3n) is 2.76. The van der Waals surface area contributed by atoms with Crippen LogP contribution in [0.15, 0.2) is 6.07 Å². The van der Waals surface area contributed by atoms with E-state index in [1.807, 2.05) is 13.0 Å². The molecule has 0 radical (unpaired) electrons. The number of hydrogen-bond acceptors (Lipinski definition) is 4. The van der Waals surface area contributed by atoms with E-state index in [0.29, 0.717) is 0 Å². The van der Waals surface area contributed by atoms with E-state index in [1.165, 1.54) is 32.1 Å². The van der Waals surface area contributed by atoms with Crippen LogP contribution in [0, 0.1) is 6.92 Å². The molecule has 1 rings (SSSR count). The van der Waals surface area contributed by atoms with Gasteiger partial charge in [-0.05, 0) is 19.8 Å². The smallest absolute Gasteiger partial charge is 0.131 e. The van der Waals surface area contributed by atoms with Crippen LogP contribution in [-0.2, 0) is 0 Å². The molecule has 0 saturated carbocycles. The monoisotopic (exact) mass is 250 g/mol. The highest BCUT2D eigenvalue weighted by Crippen LogP contribution is 2.11. The zero-order valence-corrected chi connectivity index (χ0v) is 11.9. The number of rotatable bonds is 9. The van der Waals surface area contributed by atoms with E-state index < -0.39 is 0 Å². The molecule has 0 aromatic carbocycles. The predicted molar refractivity (Wildman–Crippen MR) is 78.2 cm³/mol. The minimum Gasteiger partial charge on any atom is -0.370 e. The fourth-order valence-electron chi connectivity index (χ4n) is 1.73. The maximum Gasteiger partial charge on any atom is 0.131 e. The first-order valence-corrected chi connectivity index (χ1v) is 7.09. The summed E-state index contributed by atoms with van der Waals surface area (Å²) in [5.74, 6) is 2.67. The second-order valence-electron chi connectivity index (χ2n) is 4.60. The summed E-state index contributed by atoms with van der Waals surface area (Å²) in [6.45, 7) is 8.29. The maximum atomic E-state index is 4.40. The van der Waals surface area contributed by atoms with Crippen LogP contribution in [0.5, 0.6) is 0 Å². The molecule has 0 unspecified atom stereocenters. The van der Waals surface area contributed by atoms with Gasteiger partial charge < -0.3 is 10.6 Å². The first-order valence-electron chi connectivity index (χ1n) is 7.09. The van der Waals surface area contributed by atoms with Crippen LogP contribution < -0.4 is 10.6 Å². The molecular weight excluding hydrogens is 224 g/mol. The van der Waals surface area contributed by atoms with Gasteiger partial charge in [-0.1, -0.05) is 33.1 Å². The van der Waals surface area contributed by atoms with Crippen molar-refractivity contribution in [3.05, 3.63) is 11.9 Å². The van der Waals surface area contributed by atoms with E-state index in [-0.39, 0.29) is 0 Å². The molecular formula is C14H26N4. The highest BCUT2D eigenvalue weighted by Gasteiger charge is 2.00. The van der Waals surface area contributed by atoms with Gasteiger partial charge in [-0.25, -0.2) is 9.97 Å². The van der Waals surface area contributed by atoms with Gasteiger partial charge in [0.25, 0.3) is 0 Å². The Morgan fingerprint density at radius 1 is 0.889 bits per heavy atom. The number of hydrogen-bond donors (Lipinski definition) is 2. The summed E-state index contributed by atoms with van der Waals surface area (Å²) in [6.07, 6.45) is 6.06. The lowest BCUT2D eigenvalue weighted by Crippen LogP contribution is -2.08. The molecule has 1 aromatic rings. The quantitative estimate of drug-likeness (QED) is 0.657. The van der Waals surface area contributed by atoms with E-state index in [2.05, 4.69) is 34.4 Å². The van der Waals surface area contributed by atoms with Gasteiger partial charge in [-0.15, -0.1) is 0 Å². The standard InChI is InChI=1S/C14H26N4/c1-4-6-8-10-16-14-11-13(15-9-7-5-2)17-12(3)18-14/h11H,4-10H2,1-3H3,(H2,15,16,17,18). The molecule has 0 bridgehead atoms. The van der Waals surface area contributed by atoms with Gasteiger partial charge in [-0.2, -0.15) is 0 Å². The van der Waals surface area contributed by atoms with Gasteiger partial charge in [0.15, 0.2) is 0 Å². The number of nitrogens with one attached hydrogen (secondary N) is 2. The Hall–Kier alpha value is -1.32. The van der Waals surface area contributed by atoms with Gasteiger partial charge in [0.1, 0.15) is 17.5 Å². The SMILES string of the molecule is CCCCCNc1cc(NCCCC)nc(C)n1. The Kier molecular flexibility index (Phi) is 7.14. The molecule has 0 aliphatic carbocycles. The molecule has 1 heterocycles. The summed E-state index contributed by atoms with van der Waals surface area (Å²) < 4.78 is 0. The number of nitrogens with zero attached hydrogens (tertiary/aromatic N) is 2. The number of aryl methyl sites for hydroxylation is 1. The van der Waals surface area contributed by atoms with E-state index >= 15 is 0 Å². The summed E-state index contributed by atoms with van der Waals surface area (Å²) in [5, 5.41) is 6.70. The minimum atomic E-state index is 0.814. The lowest BCUT2D eigenvalue weighted by molar-refractivity contribution is 0.741. The largest absolute Gasteiger partial charge is 0.370 e. The average Bonchev–Trinajstić information content (AvgIpc) is 2.34. The zero-order chi connectivity index (χ0) is 13.2. The summed E-state index contributed by atoms with van der Waals surface area (Å²) in [5.41, 5.74) is 0. The molecule has 0 aliphatic rings. The Bertz CT molecular complexity index is 339. The Morgan fingerprint density at radius 2 is 1.44 bits per heavy atom. The topological polar surface area (TPSA) is 49.8 Å². The van der Waals surface area contributed by atoms with Crippen LogP contribution in [0.4, 0.5) is 11.6 Å². The van der Waals surface area contributed by atoms with Crippen molar-refractivity contribution in [1.82, 2.24) is 9.97 Å². The summed E-state index contributed by atoms with van der Waals surface area (Å²) in [6, 6.07) is 1.99. The van der Waals surface area contributed by atoms with E-state index in [4.69, 9.17) is 0 Å². The average molecular weight is 250 g/mol. The summed E-state index contributed by atoms with van der Waals surface area (Å²) in [7, 11) is 0. The van der Waals surface area contributed by atoms with Crippen LogP contribution in [0.1, 0.15) is 51.8 Å². The zero-order valence-electron chi connectivity index (χ0n) is 11.9. The van der Waals surface area contributed by atoms with Crippen LogP contribution in [-0.4, -0.2) is 23.1 Å². The highest BCUT2D eigenvalue weighted by atomic mass is 15.1. The first-order chi connectivity index (χ1) is 8.76. The molecule has 0 amide bonds. The molecule has 0 spiro atoms. The van der Waals surface area contributed by atoms with Crippen LogP contribution in [0.2, 0.25) is 0 Å². The molecule has 18 heavy (non-hydrogen) atoms. The normalized spacial score (nSPS) is 10.4. The van der Waals surface area contributed by atoms with E-state index in [1.54, 1.807) is 0 Å². The molecule has 0 atom stereocenters. The van der Waals surface area contributed by atoms with Crippen molar-refractivity contribution < 1.29 is 0 Å². The number of aromatic nitrogens is 2. The lowest BCUT2D eigenvalue weighted by atomic mass is 10.2. The van der Waals surface area contributed by atoms with Crippen molar-refractivity contribution in [3.63, 3.8) is 0 Å². The maximum absolute atomic E-state index is 4.40. The molecule has 2 N–H and O–H groups in total. The van der Waals surface area contributed by atoms with Crippen molar-refractivity contribution >= 4 is 11.6 Å². The molecule has 4 heteroatoms. The minimum absolute atomic E-state index is 0.814. The first kappa shape index (κ1) is 14.7. The van der Waals surface area contributed by atoms with Crippen LogP contribution in [0.25, 0.3) is 0 Å². The molecule has 0 fully saturated rings. The van der Waals surface area contributed by atoms with Crippen LogP contribution >= 0.6 is 0 Å². The molecule has 4 nitrogen and oxygen atoms in total. The summed E-state index contributed by atoms with van der Waals surface area (Å²) in [4.78, 5) is 8.79. The van der Waals surface area contributed by atoms with Crippen LogP contribution in [0.3, 0.4) is 0 Å². The molecule has 102 valence electrons. The second-order valence-corrected chi connectivity index (χ2v) is 4.60. The molecule has 0 saturated heterocycles. The summed E-state index contributed by atoms with van der Waals surface area (Å²) >= 11 is 0. The van der Waals surface area contributed by atoms with Gasteiger partial charge >= 0.3 is 0 Å². The Morgan fingerprint density at radius 3 is 2.00 bits per heavy atom. The fraction of sp³-hybridized carbons (Fsp3) is 0.714. The predicted octanol–water partition coefficient (Wildman–Crippen LogP) is 3.60. The van der Waals surface area contributed by atoms with Crippen molar-refractivity contribution in [2.45, 2.75) is 52.9 Å². The number of anilines is 2. The third kappa shape index (κ3) is 5.84. The van der Waals surface area contributed by atoms with E-state index in [9.17, 15) is 0 Å². The van der Waals surface area contributed by atoms with Crippen molar-refractivity contribution in [3.8, 4) is 0 Å².